The van der Waals surface area contributed by atoms with Crippen LogP contribution in [0.2, 0.25) is 5.02 Å². The lowest BCUT2D eigenvalue weighted by atomic mass is 10.2. The SMILES string of the molecule is COc1cc(Cl)c(C)cc1NC(=O)C1CC1C(=O)NCCCN(C)C. The Morgan fingerprint density at radius 2 is 1.96 bits per heavy atom. The van der Waals surface area contributed by atoms with E-state index in [0.29, 0.717) is 29.4 Å². The Labute approximate surface area is 153 Å². The van der Waals surface area contributed by atoms with Crippen molar-refractivity contribution in [1.82, 2.24) is 10.2 Å². The highest BCUT2D eigenvalue weighted by atomic mass is 35.5. The van der Waals surface area contributed by atoms with E-state index in [9.17, 15) is 9.59 Å². The second-order valence-corrected chi connectivity index (χ2v) is 7.09. The molecule has 2 atom stereocenters. The molecule has 1 aromatic rings. The summed E-state index contributed by atoms with van der Waals surface area (Å²) in [4.78, 5) is 26.5. The number of halogens is 1. The molecule has 0 aliphatic heterocycles. The third-order valence-electron chi connectivity index (χ3n) is 4.28. The van der Waals surface area contributed by atoms with Crippen LogP contribution in [0.5, 0.6) is 5.75 Å². The van der Waals surface area contributed by atoms with Gasteiger partial charge in [0, 0.05) is 17.6 Å². The summed E-state index contributed by atoms with van der Waals surface area (Å²) < 4.78 is 5.26. The molecular formula is C18H26ClN3O3. The molecule has 25 heavy (non-hydrogen) atoms. The fourth-order valence-corrected chi connectivity index (χ4v) is 2.82. The normalized spacial score (nSPS) is 18.8. The largest absolute Gasteiger partial charge is 0.495 e. The Balaban J connectivity index is 1.85. The van der Waals surface area contributed by atoms with Crippen LogP contribution in [0.1, 0.15) is 18.4 Å². The molecule has 7 heteroatoms. The van der Waals surface area contributed by atoms with Crippen LogP contribution in [0.25, 0.3) is 0 Å². The smallest absolute Gasteiger partial charge is 0.228 e. The van der Waals surface area contributed by atoms with Crippen LogP contribution in [0, 0.1) is 18.8 Å². The summed E-state index contributed by atoms with van der Waals surface area (Å²) in [5.74, 6) is -0.214. The number of ether oxygens (including phenoxy) is 1. The van der Waals surface area contributed by atoms with Gasteiger partial charge >= 0.3 is 0 Å². The Hall–Kier alpha value is -1.79. The quantitative estimate of drug-likeness (QED) is 0.692. The summed E-state index contributed by atoms with van der Waals surface area (Å²) in [6.45, 7) is 3.41. The molecule has 0 radical (unpaired) electrons. The van der Waals surface area contributed by atoms with Gasteiger partial charge in [-0.1, -0.05) is 11.6 Å². The lowest BCUT2D eigenvalue weighted by molar-refractivity contribution is -0.125. The zero-order chi connectivity index (χ0) is 18.6. The van der Waals surface area contributed by atoms with Crippen molar-refractivity contribution in [3.63, 3.8) is 0 Å². The third-order valence-corrected chi connectivity index (χ3v) is 4.69. The first-order chi connectivity index (χ1) is 11.8. The first-order valence-electron chi connectivity index (χ1n) is 8.41. The standard InChI is InChI=1S/C18H26ClN3O3/c1-11-8-15(16(25-4)10-14(11)19)21-18(24)13-9-12(13)17(23)20-6-5-7-22(2)3/h8,10,12-13H,5-7,9H2,1-4H3,(H,20,23)(H,21,24). The van der Waals surface area contributed by atoms with Crippen LogP contribution in [0.15, 0.2) is 12.1 Å². The van der Waals surface area contributed by atoms with E-state index in [2.05, 4.69) is 15.5 Å². The van der Waals surface area contributed by atoms with Crippen LogP contribution in [-0.4, -0.2) is 51.0 Å². The maximum Gasteiger partial charge on any atom is 0.228 e. The molecule has 1 aromatic carbocycles. The highest BCUT2D eigenvalue weighted by Crippen LogP contribution is 2.40. The lowest BCUT2D eigenvalue weighted by Crippen LogP contribution is -2.30. The molecule has 6 nitrogen and oxygen atoms in total. The molecular weight excluding hydrogens is 342 g/mol. The maximum atomic E-state index is 12.4. The number of amides is 2. The molecule has 0 saturated heterocycles. The molecule has 1 aliphatic rings. The Morgan fingerprint density at radius 3 is 2.60 bits per heavy atom. The van der Waals surface area contributed by atoms with E-state index in [0.717, 1.165) is 18.5 Å². The van der Waals surface area contributed by atoms with Crippen molar-refractivity contribution in [2.24, 2.45) is 11.8 Å². The monoisotopic (exact) mass is 367 g/mol. The Bertz CT molecular complexity index is 649. The summed E-state index contributed by atoms with van der Waals surface area (Å²) in [7, 11) is 5.52. The average Bonchev–Trinajstić information content (AvgIpc) is 3.35. The van der Waals surface area contributed by atoms with Crippen molar-refractivity contribution in [2.45, 2.75) is 19.8 Å². The molecule has 1 fully saturated rings. The Kier molecular flexibility index (Phi) is 6.67. The van der Waals surface area contributed by atoms with Crippen LogP contribution >= 0.6 is 11.6 Å². The minimum Gasteiger partial charge on any atom is -0.495 e. The van der Waals surface area contributed by atoms with Crippen molar-refractivity contribution >= 4 is 29.1 Å². The van der Waals surface area contributed by atoms with E-state index in [-0.39, 0.29) is 23.7 Å². The molecule has 0 bridgehead atoms. The Morgan fingerprint density at radius 1 is 1.28 bits per heavy atom. The second kappa shape index (κ2) is 8.54. The van der Waals surface area contributed by atoms with E-state index in [1.165, 1.54) is 7.11 Å². The zero-order valence-corrected chi connectivity index (χ0v) is 15.9. The molecule has 1 aliphatic carbocycles. The molecule has 2 rings (SSSR count). The number of hydrogen-bond donors (Lipinski definition) is 2. The van der Waals surface area contributed by atoms with Crippen molar-refractivity contribution in [3.8, 4) is 5.75 Å². The molecule has 2 amide bonds. The number of benzene rings is 1. The average molecular weight is 368 g/mol. The lowest BCUT2D eigenvalue weighted by Gasteiger charge is -2.12. The maximum absolute atomic E-state index is 12.4. The van der Waals surface area contributed by atoms with Crippen molar-refractivity contribution in [2.75, 3.05) is 39.6 Å². The van der Waals surface area contributed by atoms with Gasteiger partial charge in [-0.05, 0) is 52.0 Å². The summed E-state index contributed by atoms with van der Waals surface area (Å²) in [6.07, 6.45) is 1.48. The van der Waals surface area contributed by atoms with Gasteiger partial charge in [0.2, 0.25) is 11.8 Å². The van der Waals surface area contributed by atoms with Gasteiger partial charge in [0.1, 0.15) is 5.75 Å². The topological polar surface area (TPSA) is 70.7 Å². The van der Waals surface area contributed by atoms with E-state index in [1.807, 2.05) is 21.0 Å². The van der Waals surface area contributed by atoms with Gasteiger partial charge in [0.05, 0.1) is 24.6 Å². The van der Waals surface area contributed by atoms with Crippen LogP contribution in [0.4, 0.5) is 5.69 Å². The number of carbonyl (C=O) groups is 2. The van der Waals surface area contributed by atoms with Crippen LogP contribution < -0.4 is 15.4 Å². The van der Waals surface area contributed by atoms with Gasteiger partial charge in [0.15, 0.2) is 0 Å². The molecule has 2 unspecified atom stereocenters. The fraction of sp³-hybridized carbons (Fsp3) is 0.556. The third kappa shape index (κ3) is 5.34. The minimum absolute atomic E-state index is 0.0434. The van der Waals surface area contributed by atoms with Crippen molar-refractivity contribution in [3.05, 3.63) is 22.7 Å². The number of nitrogens with one attached hydrogen (secondary N) is 2. The number of carbonyl (C=O) groups excluding carboxylic acids is 2. The van der Waals surface area contributed by atoms with E-state index >= 15 is 0 Å². The van der Waals surface area contributed by atoms with Gasteiger partial charge in [-0.25, -0.2) is 0 Å². The molecule has 0 spiro atoms. The zero-order valence-electron chi connectivity index (χ0n) is 15.2. The van der Waals surface area contributed by atoms with Gasteiger partial charge in [-0.3, -0.25) is 9.59 Å². The van der Waals surface area contributed by atoms with E-state index < -0.39 is 0 Å². The van der Waals surface area contributed by atoms with Crippen LogP contribution in [0.3, 0.4) is 0 Å². The summed E-state index contributed by atoms with van der Waals surface area (Å²) in [5, 5.41) is 6.33. The first kappa shape index (κ1) is 19.5. The van der Waals surface area contributed by atoms with Gasteiger partial charge in [-0.15, -0.1) is 0 Å². The van der Waals surface area contributed by atoms with E-state index in [1.54, 1.807) is 12.1 Å². The number of anilines is 1. The number of aryl methyl sites for hydroxylation is 1. The van der Waals surface area contributed by atoms with Crippen molar-refractivity contribution in [1.29, 1.82) is 0 Å². The number of nitrogens with zero attached hydrogens (tertiary/aromatic N) is 1. The molecule has 2 N–H and O–H groups in total. The molecule has 1 saturated carbocycles. The first-order valence-corrected chi connectivity index (χ1v) is 8.78. The van der Waals surface area contributed by atoms with Gasteiger partial charge in [0.25, 0.3) is 0 Å². The number of rotatable bonds is 8. The second-order valence-electron chi connectivity index (χ2n) is 6.69. The molecule has 138 valence electrons. The predicted octanol–water partition coefficient (Wildman–Crippen LogP) is 2.30. The predicted molar refractivity (Wildman–Crippen MR) is 99.1 cm³/mol. The summed E-state index contributed by atoms with van der Waals surface area (Å²) in [5.41, 5.74) is 1.43. The molecule has 0 heterocycles. The van der Waals surface area contributed by atoms with Gasteiger partial charge in [-0.2, -0.15) is 0 Å². The number of hydrogen-bond acceptors (Lipinski definition) is 4. The fourth-order valence-electron chi connectivity index (χ4n) is 2.67. The highest BCUT2D eigenvalue weighted by Gasteiger charge is 2.48. The number of methoxy groups -OCH3 is 1. The van der Waals surface area contributed by atoms with Gasteiger partial charge < -0.3 is 20.3 Å². The van der Waals surface area contributed by atoms with Crippen molar-refractivity contribution < 1.29 is 14.3 Å². The summed E-state index contributed by atoms with van der Waals surface area (Å²) >= 11 is 6.07. The highest BCUT2D eigenvalue weighted by molar-refractivity contribution is 6.31. The molecule has 0 aromatic heterocycles. The van der Waals surface area contributed by atoms with E-state index in [4.69, 9.17) is 16.3 Å². The van der Waals surface area contributed by atoms with Crippen LogP contribution in [-0.2, 0) is 9.59 Å². The minimum atomic E-state index is -0.283. The summed E-state index contributed by atoms with van der Waals surface area (Å²) in [6, 6.07) is 3.45.